The molecule has 0 spiro atoms. The highest BCUT2D eigenvalue weighted by Crippen LogP contribution is 2.07. The summed E-state index contributed by atoms with van der Waals surface area (Å²) in [6.45, 7) is 8.09. The van der Waals surface area contributed by atoms with Crippen LogP contribution in [0.15, 0.2) is 24.5 Å². The molecule has 1 aromatic rings. The van der Waals surface area contributed by atoms with Crippen LogP contribution in [0.5, 0.6) is 5.75 Å². The minimum absolute atomic E-state index is 0.193. The summed E-state index contributed by atoms with van der Waals surface area (Å²) in [4.78, 5) is 3.98. The third-order valence-electron chi connectivity index (χ3n) is 2.49. The van der Waals surface area contributed by atoms with Crippen LogP contribution in [0.2, 0.25) is 0 Å². The van der Waals surface area contributed by atoms with Gasteiger partial charge in [-0.3, -0.25) is 4.98 Å². The van der Waals surface area contributed by atoms with Gasteiger partial charge >= 0.3 is 0 Å². The first kappa shape index (κ1) is 12.0. The van der Waals surface area contributed by atoms with E-state index < -0.39 is 0 Å². The van der Waals surface area contributed by atoms with Crippen molar-refractivity contribution in [1.82, 2.24) is 10.3 Å². The fraction of sp³-hybridized carbons (Fsp3) is 0.583. The molecule has 1 aromatic heterocycles. The van der Waals surface area contributed by atoms with Crippen LogP contribution in [0.4, 0.5) is 0 Å². The molecule has 0 amide bonds. The van der Waals surface area contributed by atoms with Gasteiger partial charge in [-0.2, -0.15) is 0 Å². The van der Waals surface area contributed by atoms with Gasteiger partial charge in [-0.1, -0.05) is 6.92 Å². The molecule has 3 heteroatoms. The Hall–Kier alpha value is -1.09. The molecule has 0 atom stereocenters. The van der Waals surface area contributed by atoms with Crippen LogP contribution in [0, 0.1) is 0 Å². The van der Waals surface area contributed by atoms with Gasteiger partial charge in [-0.15, -0.1) is 0 Å². The highest BCUT2D eigenvalue weighted by Gasteiger charge is 2.12. The average Bonchev–Trinajstić information content (AvgIpc) is 2.26. The monoisotopic (exact) mass is 208 g/mol. The van der Waals surface area contributed by atoms with E-state index in [1.807, 2.05) is 12.1 Å². The van der Waals surface area contributed by atoms with E-state index in [4.69, 9.17) is 4.74 Å². The lowest BCUT2D eigenvalue weighted by molar-refractivity contribution is 0.280. The molecule has 1 N–H and O–H groups in total. The summed E-state index contributed by atoms with van der Waals surface area (Å²) in [6, 6.07) is 3.79. The first-order valence-electron chi connectivity index (χ1n) is 5.42. The second-order valence-electron chi connectivity index (χ2n) is 4.20. The number of rotatable bonds is 6. The van der Waals surface area contributed by atoms with Crippen molar-refractivity contribution in [3.63, 3.8) is 0 Å². The quantitative estimate of drug-likeness (QED) is 0.728. The molecule has 0 bridgehead atoms. The molecule has 0 aliphatic heterocycles. The Balaban J connectivity index is 2.18. The van der Waals surface area contributed by atoms with Crippen LogP contribution in [-0.2, 0) is 0 Å². The van der Waals surface area contributed by atoms with Crippen molar-refractivity contribution in [1.29, 1.82) is 0 Å². The van der Waals surface area contributed by atoms with E-state index in [-0.39, 0.29) is 5.54 Å². The van der Waals surface area contributed by atoms with E-state index in [1.54, 1.807) is 12.4 Å². The minimum atomic E-state index is 0.193. The number of hydrogen-bond acceptors (Lipinski definition) is 3. The number of nitrogens with zero attached hydrogens (tertiary/aromatic N) is 1. The van der Waals surface area contributed by atoms with E-state index in [1.165, 1.54) is 0 Å². The molecule has 0 aliphatic carbocycles. The standard InChI is InChI=1S/C12H20N2O/c1-4-12(2,3)14-8-9-15-11-6-5-7-13-10-11/h5-7,10,14H,4,8-9H2,1-3H3. The molecule has 15 heavy (non-hydrogen) atoms. The lowest BCUT2D eigenvalue weighted by atomic mass is 10.0. The second-order valence-corrected chi connectivity index (χ2v) is 4.20. The van der Waals surface area contributed by atoms with Crippen LogP contribution >= 0.6 is 0 Å². The van der Waals surface area contributed by atoms with Gasteiger partial charge in [-0.25, -0.2) is 0 Å². The Morgan fingerprint density at radius 1 is 1.47 bits per heavy atom. The molecule has 0 unspecified atom stereocenters. The van der Waals surface area contributed by atoms with Crippen molar-refractivity contribution >= 4 is 0 Å². The zero-order valence-corrected chi connectivity index (χ0v) is 9.79. The van der Waals surface area contributed by atoms with Crippen LogP contribution in [0.1, 0.15) is 27.2 Å². The van der Waals surface area contributed by atoms with Crippen LogP contribution in [0.3, 0.4) is 0 Å². The largest absolute Gasteiger partial charge is 0.491 e. The van der Waals surface area contributed by atoms with Crippen molar-refractivity contribution in [2.45, 2.75) is 32.7 Å². The maximum Gasteiger partial charge on any atom is 0.137 e. The number of ether oxygens (including phenoxy) is 1. The third-order valence-corrected chi connectivity index (χ3v) is 2.49. The van der Waals surface area contributed by atoms with Crippen LogP contribution in [-0.4, -0.2) is 23.7 Å². The molecular formula is C12H20N2O. The fourth-order valence-electron chi connectivity index (χ4n) is 1.12. The Bertz CT molecular complexity index is 272. The van der Waals surface area contributed by atoms with Crippen molar-refractivity contribution in [3.05, 3.63) is 24.5 Å². The molecule has 0 saturated heterocycles. The number of hydrogen-bond donors (Lipinski definition) is 1. The van der Waals surface area contributed by atoms with Gasteiger partial charge in [0.1, 0.15) is 12.4 Å². The smallest absolute Gasteiger partial charge is 0.137 e. The van der Waals surface area contributed by atoms with Gasteiger partial charge in [0.25, 0.3) is 0 Å². The normalized spacial score (nSPS) is 11.4. The number of aromatic nitrogens is 1. The molecule has 0 aliphatic rings. The van der Waals surface area contributed by atoms with Crippen molar-refractivity contribution < 1.29 is 4.74 Å². The highest BCUT2D eigenvalue weighted by atomic mass is 16.5. The molecule has 1 rings (SSSR count). The van der Waals surface area contributed by atoms with Crippen molar-refractivity contribution in [3.8, 4) is 5.75 Å². The molecule has 0 fully saturated rings. The molecule has 3 nitrogen and oxygen atoms in total. The van der Waals surface area contributed by atoms with E-state index in [0.717, 1.165) is 18.7 Å². The van der Waals surface area contributed by atoms with Gasteiger partial charge in [0.05, 0.1) is 6.20 Å². The summed E-state index contributed by atoms with van der Waals surface area (Å²) < 4.78 is 5.52. The van der Waals surface area contributed by atoms with Gasteiger partial charge in [-0.05, 0) is 32.4 Å². The maximum atomic E-state index is 5.52. The van der Waals surface area contributed by atoms with E-state index in [0.29, 0.717) is 6.61 Å². The molecule has 1 heterocycles. The molecular weight excluding hydrogens is 188 g/mol. The molecule has 84 valence electrons. The number of nitrogens with one attached hydrogen (secondary N) is 1. The van der Waals surface area contributed by atoms with E-state index in [9.17, 15) is 0 Å². The fourth-order valence-corrected chi connectivity index (χ4v) is 1.12. The summed E-state index contributed by atoms with van der Waals surface area (Å²) in [6.07, 6.45) is 4.58. The van der Waals surface area contributed by atoms with Crippen LogP contribution < -0.4 is 10.1 Å². The van der Waals surface area contributed by atoms with E-state index in [2.05, 4.69) is 31.1 Å². The van der Waals surface area contributed by atoms with Crippen LogP contribution in [0.25, 0.3) is 0 Å². The van der Waals surface area contributed by atoms with Gasteiger partial charge in [0.2, 0.25) is 0 Å². The summed E-state index contributed by atoms with van der Waals surface area (Å²) in [5.74, 6) is 0.827. The summed E-state index contributed by atoms with van der Waals surface area (Å²) >= 11 is 0. The topological polar surface area (TPSA) is 34.1 Å². The Labute approximate surface area is 91.9 Å². The van der Waals surface area contributed by atoms with E-state index >= 15 is 0 Å². The first-order valence-corrected chi connectivity index (χ1v) is 5.42. The number of pyridine rings is 1. The first-order chi connectivity index (χ1) is 7.14. The highest BCUT2D eigenvalue weighted by molar-refractivity contribution is 5.15. The SMILES string of the molecule is CCC(C)(C)NCCOc1cccnc1. The molecule has 0 saturated carbocycles. The third kappa shape index (κ3) is 4.79. The van der Waals surface area contributed by atoms with Gasteiger partial charge in [0, 0.05) is 18.3 Å². The molecule has 0 aromatic carbocycles. The summed E-state index contributed by atoms with van der Waals surface area (Å²) in [7, 11) is 0. The van der Waals surface area contributed by atoms with Crippen molar-refractivity contribution in [2.75, 3.05) is 13.2 Å². The second kappa shape index (κ2) is 5.71. The lowest BCUT2D eigenvalue weighted by Gasteiger charge is -2.24. The lowest BCUT2D eigenvalue weighted by Crippen LogP contribution is -2.40. The zero-order chi connectivity index (χ0) is 11.1. The van der Waals surface area contributed by atoms with Gasteiger partial charge < -0.3 is 10.1 Å². The Kier molecular flexibility index (Phi) is 4.56. The predicted molar refractivity (Wildman–Crippen MR) is 62.1 cm³/mol. The minimum Gasteiger partial charge on any atom is -0.491 e. The predicted octanol–water partition coefficient (Wildman–Crippen LogP) is 2.24. The summed E-state index contributed by atoms with van der Waals surface area (Å²) in [5.41, 5.74) is 0.193. The summed E-state index contributed by atoms with van der Waals surface area (Å²) in [5, 5.41) is 3.43. The average molecular weight is 208 g/mol. The molecule has 0 radical (unpaired) electrons. The maximum absolute atomic E-state index is 5.52. The Morgan fingerprint density at radius 2 is 2.27 bits per heavy atom. The van der Waals surface area contributed by atoms with Gasteiger partial charge in [0.15, 0.2) is 0 Å². The Morgan fingerprint density at radius 3 is 2.87 bits per heavy atom. The van der Waals surface area contributed by atoms with Crippen molar-refractivity contribution in [2.24, 2.45) is 0 Å². The zero-order valence-electron chi connectivity index (χ0n) is 9.79.